The molecule has 5 heterocycles. The molecular formula is C34H58N2O26. The molecule has 5 fully saturated rings. The number of amides is 2. The van der Waals surface area contributed by atoms with Crippen LogP contribution in [0.25, 0.3) is 0 Å². The minimum absolute atomic E-state index is 0.693. The average Bonchev–Trinajstić information content (AvgIpc) is 3.23. The van der Waals surface area contributed by atoms with Gasteiger partial charge < -0.3 is 130 Å². The van der Waals surface area contributed by atoms with Crippen LogP contribution in [0.5, 0.6) is 0 Å². The number of rotatable bonds is 15. The summed E-state index contributed by atoms with van der Waals surface area (Å²) < 4.78 is 50.8. The second-order valence-electron chi connectivity index (χ2n) is 15.5. The summed E-state index contributed by atoms with van der Waals surface area (Å²) in [5, 5.41) is 163. The SMILES string of the molecule is CC(=O)NC1C(O)OC(CO)C(OC2OC(CO)C(OC3OC(COC4OC(CO)C(O)C(O)C4O)C(O)C(OC4OC(CO)C(O)C(O)C4O)C3O)C(O)C2NC(C)=O)C1O. The van der Waals surface area contributed by atoms with Crippen molar-refractivity contribution in [3.63, 3.8) is 0 Å². The maximum absolute atomic E-state index is 12.4. The van der Waals surface area contributed by atoms with E-state index in [0.29, 0.717) is 0 Å². The molecule has 0 saturated carbocycles. The second-order valence-corrected chi connectivity index (χ2v) is 15.5. The number of carbonyl (C=O) groups is 2. The van der Waals surface area contributed by atoms with E-state index in [1.165, 1.54) is 0 Å². The molecule has 28 heteroatoms. The number of aliphatic hydroxyl groups is 15. The predicted molar refractivity (Wildman–Crippen MR) is 190 cm³/mol. The number of ether oxygens (including phenoxy) is 9. The minimum atomic E-state index is -2.18. The summed E-state index contributed by atoms with van der Waals surface area (Å²) >= 11 is 0. The Morgan fingerprint density at radius 3 is 1.35 bits per heavy atom. The van der Waals surface area contributed by atoms with E-state index in [2.05, 4.69) is 10.6 Å². The Hall–Kier alpha value is -2.02. The molecule has 0 aliphatic carbocycles. The van der Waals surface area contributed by atoms with Crippen LogP contribution >= 0.6 is 0 Å². The van der Waals surface area contributed by atoms with E-state index in [1.807, 2.05) is 0 Å². The number of hydrogen-bond acceptors (Lipinski definition) is 26. The topological polar surface area (TPSA) is 445 Å². The van der Waals surface area contributed by atoms with E-state index in [1.54, 1.807) is 0 Å². The molecule has 2 amide bonds. The van der Waals surface area contributed by atoms with Gasteiger partial charge in [-0.1, -0.05) is 0 Å². The van der Waals surface area contributed by atoms with Gasteiger partial charge in [0.2, 0.25) is 11.8 Å². The first-order valence-corrected chi connectivity index (χ1v) is 19.6. The highest BCUT2D eigenvalue weighted by Gasteiger charge is 2.56. The van der Waals surface area contributed by atoms with E-state index in [9.17, 15) is 86.2 Å². The van der Waals surface area contributed by atoms with Gasteiger partial charge in [-0.15, -0.1) is 0 Å². The molecule has 25 atom stereocenters. The van der Waals surface area contributed by atoms with E-state index in [0.717, 1.165) is 13.8 Å². The molecular weight excluding hydrogens is 852 g/mol. The van der Waals surface area contributed by atoms with Gasteiger partial charge in [-0.05, 0) is 0 Å². The summed E-state index contributed by atoms with van der Waals surface area (Å²) in [7, 11) is 0. The minimum Gasteiger partial charge on any atom is -0.394 e. The van der Waals surface area contributed by atoms with Gasteiger partial charge in [0.25, 0.3) is 0 Å². The fourth-order valence-corrected chi connectivity index (χ4v) is 7.73. The molecule has 0 aromatic rings. The third-order valence-corrected chi connectivity index (χ3v) is 11.1. The second kappa shape index (κ2) is 22.0. The first-order chi connectivity index (χ1) is 29.3. The van der Waals surface area contributed by atoms with E-state index >= 15 is 0 Å². The Labute approximate surface area is 351 Å². The molecule has 5 saturated heterocycles. The Bertz CT molecular complexity index is 1440. The van der Waals surface area contributed by atoms with Crippen molar-refractivity contribution in [3.05, 3.63) is 0 Å². The molecule has 5 aliphatic heterocycles. The average molecular weight is 911 g/mol. The number of nitrogens with one attached hydrogen (secondary N) is 2. The predicted octanol–water partition coefficient (Wildman–Crippen LogP) is -11.6. The summed E-state index contributed by atoms with van der Waals surface area (Å²) in [6, 6.07) is -3.19. The van der Waals surface area contributed by atoms with Gasteiger partial charge in [-0.3, -0.25) is 9.59 Å². The highest BCUT2D eigenvalue weighted by atomic mass is 16.8. The Kier molecular flexibility index (Phi) is 18.1. The number of carbonyl (C=O) groups excluding carboxylic acids is 2. The van der Waals surface area contributed by atoms with Crippen LogP contribution in [0.3, 0.4) is 0 Å². The van der Waals surface area contributed by atoms with Gasteiger partial charge >= 0.3 is 0 Å². The molecule has 5 aliphatic rings. The van der Waals surface area contributed by atoms with Crippen molar-refractivity contribution in [2.24, 2.45) is 0 Å². The van der Waals surface area contributed by atoms with E-state index in [-0.39, 0.29) is 0 Å². The van der Waals surface area contributed by atoms with Crippen LogP contribution in [0.15, 0.2) is 0 Å². The van der Waals surface area contributed by atoms with Crippen molar-refractivity contribution < 1.29 is 129 Å². The smallest absolute Gasteiger partial charge is 0.217 e. The Morgan fingerprint density at radius 2 is 0.823 bits per heavy atom. The third-order valence-electron chi connectivity index (χ3n) is 11.1. The van der Waals surface area contributed by atoms with Crippen molar-refractivity contribution in [2.45, 2.75) is 167 Å². The van der Waals surface area contributed by atoms with Crippen LogP contribution in [0.2, 0.25) is 0 Å². The van der Waals surface area contributed by atoms with Crippen LogP contribution < -0.4 is 10.6 Å². The van der Waals surface area contributed by atoms with Gasteiger partial charge in [-0.2, -0.15) is 0 Å². The van der Waals surface area contributed by atoms with Crippen LogP contribution in [-0.2, 0) is 52.2 Å². The van der Waals surface area contributed by atoms with Gasteiger partial charge in [-0.25, -0.2) is 0 Å². The van der Waals surface area contributed by atoms with Gasteiger partial charge in [0, 0.05) is 13.8 Å². The molecule has 0 bridgehead atoms. The summed E-state index contributed by atoms with van der Waals surface area (Å²) in [5.41, 5.74) is 0. The monoisotopic (exact) mass is 910 g/mol. The Balaban J connectivity index is 1.41. The Morgan fingerprint density at radius 1 is 0.419 bits per heavy atom. The van der Waals surface area contributed by atoms with Crippen molar-refractivity contribution in [1.82, 2.24) is 10.6 Å². The molecule has 25 unspecified atom stereocenters. The van der Waals surface area contributed by atoms with Crippen molar-refractivity contribution in [2.75, 3.05) is 33.0 Å². The molecule has 0 aromatic heterocycles. The van der Waals surface area contributed by atoms with Crippen LogP contribution in [0.1, 0.15) is 13.8 Å². The van der Waals surface area contributed by atoms with Crippen molar-refractivity contribution in [1.29, 1.82) is 0 Å². The maximum atomic E-state index is 12.4. The fraction of sp³-hybridized carbons (Fsp3) is 0.941. The summed E-state index contributed by atoms with van der Waals surface area (Å²) in [6.45, 7) is -2.31. The zero-order valence-electron chi connectivity index (χ0n) is 33.2. The third kappa shape index (κ3) is 11.0. The lowest BCUT2D eigenvalue weighted by Gasteiger charge is -2.50. The zero-order chi connectivity index (χ0) is 45.9. The quantitative estimate of drug-likeness (QED) is 0.0725. The lowest BCUT2D eigenvalue weighted by atomic mass is 9.94. The normalized spacial score (nSPS) is 49.0. The molecule has 17 N–H and O–H groups in total. The molecule has 28 nitrogen and oxygen atoms in total. The van der Waals surface area contributed by atoms with Gasteiger partial charge in [0.05, 0.1) is 33.0 Å². The largest absolute Gasteiger partial charge is 0.394 e. The van der Waals surface area contributed by atoms with E-state index < -0.39 is 198 Å². The summed E-state index contributed by atoms with van der Waals surface area (Å²) in [6.07, 6.45) is -42.3. The first kappa shape index (κ1) is 51.0. The highest BCUT2D eigenvalue weighted by molar-refractivity contribution is 5.73. The summed E-state index contributed by atoms with van der Waals surface area (Å²) in [5.74, 6) is -1.49. The highest BCUT2D eigenvalue weighted by Crippen LogP contribution is 2.35. The fourth-order valence-electron chi connectivity index (χ4n) is 7.73. The van der Waals surface area contributed by atoms with Gasteiger partial charge in [0.1, 0.15) is 122 Å². The standard InChI is InChI=1S/C34H58N2O26/c1-8(41)35-15-20(46)27(12(5-39)55-30(15)53)60-31-16(36-9(2)42)21(47)28(13(6-40)58-31)61-34-26(52)29(62-33-25(51)23(49)18(44)11(4-38)57-33)19(45)14(59-34)7-54-32-24(50)22(48)17(43)10(3-37)56-32/h10-34,37-40,43-53H,3-7H2,1-2H3,(H,35,41)(H,36,42). The van der Waals surface area contributed by atoms with Crippen LogP contribution in [0.4, 0.5) is 0 Å². The van der Waals surface area contributed by atoms with Crippen LogP contribution in [-0.4, -0.2) is 275 Å². The molecule has 5 rings (SSSR count). The number of hydrogen-bond donors (Lipinski definition) is 17. The first-order valence-electron chi connectivity index (χ1n) is 19.6. The zero-order valence-corrected chi connectivity index (χ0v) is 33.2. The molecule has 0 aromatic carbocycles. The lowest BCUT2D eigenvalue weighted by molar-refractivity contribution is -0.384. The lowest BCUT2D eigenvalue weighted by Crippen LogP contribution is -2.70. The van der Waals surface area contributed by atoms with Crippen molar-refractivity contribution in [3.8, 4) is 0 Å². The molecule has 0 radical (unpaired) electrons. The van der Waals surface area contributed by atoms with Crippen molar-refractivity contribution >= 4 is 11.8 Å². The maximum Gasteiger partial charge on any atom is 0.217 e. The summed E-state index contributed by atoms with van der Waals surface area (Å²) in [4.78, 5) is 24.2. The van der Waals surface area contributed by atoms with Gasteiger partial charge in [0.15, 0.2) is 31.5 Å². The van der Waals surface area contributed by atoms with E-state index in [4.69, 9.17) is 42.6 Å². The van der Waals surface area contributed by atoms with Crippen LogP contribution in [0, 0.1) is 0 Å². The number of aliphatic hydroxyl groups excluding tert-OH is 15. The molecule has 62 heavy (non-hydrogen) atoms. The molecule has 0 spiro atoms. The molecule has 360 valence electrons.